The smallest absolute Gasteiger partial charge is 0.309 e. The van der Waals surface area contributed by atoms with Gasteiger partial charge in [0.05, 0.1) is 73.9 Å². The second-order valence-corrected chi connectivity index (χ2v) is 16.7. The van der Waals surface area contributed by atoms with Gasteiger partial charge in [-0.2, -0.15) is 29.0 Å². The third-order valence-electron chi connectivity index (χ3n) is 12.8. The first kappa shape index (κ1) is 40.6. The molecular weight excluding hydrogens is 836 g/mol. The summed E-state index contributed by atoms with van der Waals surface area (Å²) in [7, 11) is 0. The van der Waals surface area contributed by atoms with E-state index in [1.54, 1.807) is 25.1 Å². The molecule has 5 nitrogen and oxygen atoms in total. The normalized spacial score (nSPS) is 11.5. The van der Waals surface area contributed by atoms with Crippen molar-refractivity contribution in [2.75, 3.05) is 0 Å². The highest BCUT2D eigenvalue weighted by Gasteiger charge is 2.31. The van der Waals surface area contributed by atoms with Gasteiger partial charge in [0.1, 0.15) is 0 Å². The minimum Gasteiger partial charge on any atom is -0.309 e. The van der Waals surface area contributed by atoms with Gasteiger partial charge in [-0.3, -0.25) is 0 Å². The van der Waals surface area contributed by atoms with Crippen molar-refractivity contribution in [1.29, 1.82) is 15.8 Å². The van der Waals surface area contributed by atoms with Crippen LogP contribution in [0.5, 0.6) is 0 Å². The molecule has 0 fully saturated rings. The number of fused-ring (bicyclic) bond motifs is 6. The Bertz CT molecular complexity index is 3980. The minimum atomic E-state index is -4.49. The van der Waals surface area contributed by atoms with E-state index in [9.17, 15) is 29.0 Å². The molecule has 9 aromatic carbocycles. The third-order valence-corrected chi connectivity index (χ3v) is 12.8. The molecule has 0 atom stereocenters. The highest BCUT2D eigenvalue weighted by Crippen LogP contribution is 2.44. The van der Waals surface area contributed by atoms with Crippen LogP contribution in [0.1, 0.15) is 27.8 Å². The molecule has 0 aliphatic heterocycles. The number of nitrogens with zero attached hydrogens (tertiary/aromatic N) is 5. The lowest BCUT2D eigenvalue weighted by Gasteiger charge is -2.20. The Labute approximate surface area is 383 Å². The molecule has 2 heterocycles. The van der Waals surface area contributed by atoms with Gasteiger partial charge in [0.2, 0.25) is 0 Å². The number of rotatable bonds is 6. The zero-order valence-corrected chi connectivity index (χ0v) is 35.8. The van der Waals surface area contributed by atoms with Gasteiger partial charge < -0.3 is 9.13 Å². The second-order valence-electron chi connectivity index (χ2n) is 16.7. The molecule has 0 radical (unpaired) electrons. The summed E-state index contributed by atoms with van der Waals surface area (Å²) in [6.45, 7) is 1.70. The quantitative estimate of drug-likeness (QED) is 0.167. The Morgan fingerprint density at radius 2 is 0.866 bits per heavy atom. The van der Waals surface area contributed by atoms with Crippen molar-refractivity contribution in [2.45, 2.75) is 13.1 Å². The van der Waals surface area contributed by atoms with Crippen molar-refractivity contribution in [3.63, 3.8) is 0 Å². The van der Waals surface area contributed by atoms with Gasteiger partial charge in [0, 0.05) is 32.7 Å². The number of para-hydroxylation sites is 2. The fraction of sp³-hybridized carbons (Fsp3) is 0.0339. The Balaban J connectivity index is 1.20. The number of aryl methyl sites for hydroxylation is 1. The van der Waals surface area contributed by atoms with Crippen LogP contribution in [-0.4, -0.2) is 9.13 Å². The maximum absolute atomic E-state index is 14.0. The van der Waals surface area contributed by atoms with Crippen LogP contribution in [0.15, 0.2) is 188 Å². The summed E-state index contributed by atoms with van der Waals surface area (Å²) in [6, 6.07) is 66.4. The molecule has 0 N–H and O–H groups in total. The predicted octanol–water partition coefficient (Wildman–Crippen LogP) is 15.5. The number of hydrogen-bond donors (Lipinski definition) is 0. The first-order chi connectivity index (χ1) is 32.6. The molecule has 0 saturated heterocycles. The Hall–Kier alpha value is -9.16. The standard InChI is InChI=1S/C59H34F3N5/c1-36-26-45(59(60,61)62)20-22-46(36)44-19-25-56(66-53-14-4-2-12-47(53)50-30-42(17-23-55(50)66)40-10-6-8-37(27-40)33-63)52(32-44)49-21-16-39(35-65)29-58(49)67-54-15-5-3-13-48(54)51-31-43(18-24-57(51)67)41-11-7-9-38(28-41)34-64/h2-32H,1H3. The summed E-state index contributed by atoms with van der Waals surface area (Å²) in [4.78, 5) is 0. The second kappa shape index (κ2) is 15.8. The maximum Gasteiger partial charge on any atom is 0.416 e. The number of benzene rings is 9. The van der Waals surface area contributed by atoms with Gasteiger partial charge in [0.15, 0.2) is 0 Å². The first-order valence-corrected chi connectivity index (χ1v) is 21.6. The summed E-state index contributed by atoms with van der Waals surface area (Å²) >= 11 is 0. The summed E-state index contributed by atoms with van der Waals surface area (Å²) in [5.41, 5.74) is 13.3. The van der Waals surface area contributed by atoms with E-state index in [4.69, 9.17) is 0 Å². The highest BCUT2D eigenvalue weighted by atomic mass is 19.4. The maximum atomic E-state index is 14.0. The lowest BCUT2D eigenvalue weighted by molar-refractivity contribution is -0.137. The van der Waals surface area contributed by atoms with Gasteiger partial charge in [-0.1, -0.05) is 91.0 Å². The summed E-state index contributed by atoms with van der Waals surface area (Å²) < 4.78 is 46.3. The molecule has 0 aliphatic carbocycles. The van der Waals surface area contributed by atoms with Gasteiger partial charge in [-0.15, -0.1) is 0 Å². The van der Waals surface area contributed by atoms with Gasteiger partial charge in [0.25, 0.3) is 0 Å². The van der Waals surface area contributed by atoms with Crippen molar-refractivity contribution < 1.29 is 13.2 Å². The lowest BCUT2D eigenvalue weighted by Crippen LogP contribution is -2.05. The van der Waals surface area contributed by atoms with E-state index in [0.29, 0.717) is 27.8 Å². The van der Waals surface area contributed by atoms with Crippen LogP contribution in [0.2, 0.25) is 0 Å². The van der Waals surface area contributed by atoms with Crippen molar-refractivity contribution >= 4 is 43.6 Å². The summed E-state index contributed by atoms with van der Waals surface area (Å²) in [5, 5.41) is 33.8. The van der Waals surface area contributed by atoms with Crippen LogP contribution in [0.3, 0.4) is 0 Å². The van der Waals surface area contributed by atoms with E-state index < -0.39 is 11.7 Å². The van der Waals surface area contributed by atoms with E-state index >= 15 is 0 Å². The fourth-order valence-corrected chi connectivity index (χ4v) is 9.65. The third kappa shape index (κ3) is 6.86. The Kier molecular flexibility index (Phi) is 9.59. The van der Waals surface area contributed by atoms with Crippen LogP contribution in [0.25, 0.3) is 99.5 Å². The highest BCUT2D eigenvalue weighted by molar-refractivity contribution is 6.13. The summed E-state index contributed by atoms with van der Waals surface area (Å²) in [6.07, 6.45) is -4.49. The zero-order valence-electron chi connectivity index (χ0n) is 35.8. The lowest BCUT2D eigenvalue weighted by atomic mass is 9.92. The molecule has 67 heavy (non-hydrogen) atoms. The molecule has 0 spiro atoms. The fourth-order valence-electron chi connectivity index (χ4n) is 9.65. The van der Waals surface area contributed by atoms with Crippen LogP contribution < -0.4 is 0 Å². The Morgan fingerprint density at radius 3 is 1.42 bits per heavy atom. The van der Waals surface area contributed by atoms with Crippen LogP contribution in [0, 0.1) is 40.9 Å². The van der Waals surface area contributed by atoms with E-state index in [1.807, 2.05) is 97.1 Å². The zero-order chi connectivity index (χ0) is 46.0. The average Bonchev–Trinajstić information content (AvgIpc) is 3.87. The van der Waals surface area contributed by atoms with E-state index in [-0.39, 0.29) is 0 Å². The van der Waals surface area contributed by atoms with Gasteiger partial charge in [-0.25, -0.2) is 0 Å². The molecule has 11 rings (SSSR count). The molecule has 11 aromatic rings. The van der Waals surface area contributed by atoms with Gasteiger partial charge in [-0.05, 0) is 143 Å². The average molecular weight is 870 g/mol. The molecule has 0 amide bonds. The van der Waals surface area contributed by atoms with E-state index in [2.05, 4.69) is 81.9 Å². The van der Waals surface area contributed by atoms with Crippen molar-refractivity contribution in [3.05, 3.63) is 216 Å². The monoisotopic (exact) mass is 869 g/mol. The first-order valence-electron chi connectivity index (χ1n) is 21.6. The van der Waals surface area contributed by atoms with Crippen LogP contribution >= 0.6 is 0 Å². The van der Waals surface area contributed by atoms with Crippen LogP contribution in [0.4, 0.5) is 13.2 Å². The molecule has 316 valence electrons. The topological polar surface area (TPSA) is 81.2 Å². The number of alkyl halides is 3. The number of hydrogen-bond acceptors (Lipinski definition) is 3. The molecule has 8 heteroatoms. The van der Waals surface area contributed by atoms with E-state index in [0.717, 1.165) is 100.0 Å². The molecule has 0 saturated carbocycles. The van der Waals surface area contributed by atoms with Crippen molar-refractivity contribution in [2.24, 2.45) is 0 Å². The molecule has 0 aliphatic rings. The molecule has 2 aromatic heterocycles. The van der Waals surface area contributed by atoms with Crippen LogP contribution in [-0.2, 0) is 6.18 Å². The van der Waals surface area contributed by atoms with Crippen molar-refractivity contribution in [1.82, 2.24) is 9.13 Å². The molecular formula is C59H34F3N5. The SMILES string of the molecule is Cc1cc(C(F)(F)F)ccc1-c1ccc(-n2c3ccccc3c3cc(-c4cccc(C#N)c4)ccc32)c(-c2ccc(C#N)cc2-n2c3ccccc3c3cc(-c4cccc(C#N)c4)ccc32)c1. The number of aromatic nitrogens is 2. The number of nitriles is 3. The minimum absolute atomic E-state index is 0.454. The largest absolute Gasteiger partial charge is 0.416 e. The molecule has 0 unspecified atom stereocenters. The summed E-state index contributed by atoms with van der Waals surface area (Å²) in [5.74, 6) is 0. The predicted molar refractivity (Wildman–Crippen MR) is 261 cm³/mol. The Morgan fingerprint density at radius 1 is 0.373 bits per heavy atom. The van der Waals surface area contributed by atoms with Gasteiger partial charge >= 0.3 is 6.18 Å². The molecule has 0 bridgehead atoms. The number of halogens is 3. The van der Waals surface area contributed by atoms with Crippen molar-refractivity contribution in [3.8, 4) is 74.1 Å². The van der Waals surface area contributed by atoms with E-state index in [1.165, 1.54) is 12.1 Å².